The molecule has 0 spiro atoms. The summed E-state index contributed by atoms with van der Waals surface area (Å²) in [5, 5.41) is 14.9. The van der Waals surface area contributed by atoms with E-state index in [1.165, 1.54) is 18.9 Å². The number of aromatic hydroxyl groups is 1. The number of hydrogen-bond donors (Lipinski definition) is 3. The number of aromatic amines is 1. The van der Waals surface area contributed by atoms with Crippen molar-refractivity contribution in [3.63, 3.8) is 0 Å². The van der Waals surface area contributed by atoms with Crippen LogP contribution in [0.1, 0.15) is 61.5 Å². The number of H-pyrrole nitrogens is 1. The number of halogens is 1. The number of nitrogens with one attached hydrogen (secondary N) is 2. The molecule has 1 saturated carbocycles. The molecule has 0 radical (unpaired) electrons. The number of para-hydroxylation sites is 2. The summed E-state index contributed by atoms with van der Waals surface area (Å²) in [5.41, 5.74) is 1.06. The lowest BCUT2D eigenvalue weighted by atomic mass is 10.0. The molecule has 0 saturated heterocycles. The van der Waals surface area contributed by atoms with Crippen molar-refractivity contribution in [1.29, 1.82) is 0 Å². The first kappa shape index (κ1) is 26.7. The van der Waals surface area contributed by atoms with E-state index in [4.69, 9.17) is 11.6 Å². The predicted octanol–water partition coefficient (Wildman–Crippen LogP) is 6.32. The number of phenols is 1. The zero-order valence-electron chi connectivity index (χ0n) is 22.0. The standard InChI is InChI=1S/C30H32ClN5O3/c1-18(16-20-10-11-20)13-15-36(29(39)22-7-3-4-9-25(22)37)26-12-14-32-30(34-26)33-19(2)23-17-21-6-5-8-24(31)27(21)35-28(23)38/h3-9,12,14,17-20,37H,10-11,13,15-16H2,1-2H3,(H,35,38)(H,32,33,34)/t18?,19-/m0/s1. The molecule has 8 nitrogen and oxygen atoms in total. The van der Waals surface area contributed by atoms with E-state index in [0.29, 0.717) is 34.4 Å². The van der Waals surface area contributed by atoms with E-state index in [1.54, 1.807) is 47.5 Å². The van der Waals surface area contributed by atoms with Crippen LogP contribution in [0.3, 0.4) is 0 Å². The molecule has 2 aromatic heterocycles. The fourth-order valence-corrected chi connectivity index (χ4v) is 5.11. The number of pyridine rings is 1. The number of amides is 1. The molecule has 3 N–H and O–H groups in total. The van der Waals surface area contributed by atoms with Gasteiger partial charge in [0.25, 0.3) is 11.5 Å². The van der Waals surface area contributed by atoms with Gasteiger partial charge in [0.05, 0.1) is 22.1 Å². The molecule has 202 valence electrons. The van der Waals surface area contributed by atoms with E-state index < -0.39 is 6.04 Å². The Labute approximate surface area is 232 Å². The number of rotatable bonds is 10. The predicted molar refractivity (Wildman–Crippen MR) is 155 cm³/mol. The normalized spacial score (nSPS) is 14.6. The lowest BCUT2D eigenvalue weighted by Crippen LogP contribution is -2.34. The zero-order valence-corrected chi connectivity index (χ0v) is 22.8. The SMILES string of the molecule is CC(CCN(C(=O)c1ccccc1O)c1ccnc(N[C@@H](C)c2cc3cccc(Cl)c3[nH]c2=O)n1)CC1CC1. The second-order valence-corrected chi connectivity index (χ2v) is 10.8. The van der Waals surface area contributed by atoms with Crippen molar-refractivity contribution in [2.45, 2.75) is 45.6 Å². The van der Waals surface area contributed by atoms with Crippen LogP contribution in [0, 0.1) is 11.8 Å². The highest BCUT2D eigenvalue weighted by atomic mass is 35.5. The molecule has 2 aromatic carbocycles. The highest BCUT2D eigenvalue weighted by molar-refractivity contribution is 6.35. The molecule has 1 aliphatic rings. The Balaban J connectivity index is 1.40. The molecule has 0 bridgehead atoms. The number of carbonyl (C=O) groups is 1. The van der Waals surface area contributed by atoms with Gasteiger partial charge < -0.3 is 15.4 Å². The number of phenolic OH excluding ortho intramolecular Hbond substituents is 1. The minimum atomic E-state index is -0.423. The Kier molecular flexibility index (Phi) is 7.84. The summed E-state index contributed by atoms with van der Waals surface area (Å²) in [6.07, 6.45) is 6.13. The van der Waals surface area contributed by atoms with Crippen molar-refractivity contribution in [3.8, 4) is 5.75 Å². The third-order valence-corrected chi connectivity index (χ3v) is 7.56. The number of fused-ring (bicyclic) bond motifs is 1. The highest BCUT2D eigenvalue weighted by Gasteiger charge is 2.26. The summed E-state index contributed by atoms with van der Waals surface area (Å²) in [7, 11) is 0. The van der Waals surface area contributed by atoms with Gasteiger partial charge in [-0.2, -0.15) is 4.98 Å². The number of benzene rings is 2. The molecule has 1 fully saturated rings. The second-order valence-electron chi connectivity index (χ2n) is 10.4. The van der Waals surface area contributed by atoms with Crippen molar-refractivity contribution < 1.29 is 9.90 Å². The van der Waals surface area contributed by atoms with Crippen molar-refractivity contribution >= 4 is 40.2 Å². The first-order chi connectivity index (χ1) is 18.8. The van der Waals surface area contributed by atoms with Crippen molar-refractivity contribution in [2.24, 2.45) is 11.8 Å². The molecular weight excluding hydrogens is 514 g/mol. The van der Waals surface area contributed by atoms with Crippen LogP contribution in [0.15, 0.2) is 65.6 Å². The summed E-state index contributed by atoms with van der Waals surface area (Å²) in [4.78, 5) is 39.9. The largest absolute Gasteiger partial charge is 0.507 e. The van der Waals surface area contributed by atoms with Crippen LogP contribution >= 0.6 is 11.6 Å². The van der Waals surface area contributed by atoms with E-state index >= 15 is 0 Å². The van der Waals surface area contributed by atoms with Crippen LogP contribution < -0.4 is 15.8 Å². The molecule has 1 aliphatic carbocycles. The summed E-state index contributed by atoms with van der Waals surface area (Å²) >= 11 is 6.24. The molecule has 39 heavy (non-hydrogen) atoms. The van der Waals surface area contributed by atoms with Gasteiger partial charge in [-0.05, 0) is 61.9 Å². The van der Waals surface area contributed by atoms with E-state index in [1.807, 2.05) is 19.1 Å². The van der Waals surface area contributed by atoms with Crippen molar-refractivity contribution in [1.82, 2.24) is 15.0 Å². The van der Waals surface area contributed by atoms with Gasteiger partial charge in [0.1, 0.15) is 11.6 Å². The van der Waals surface area contributed by atoms with Gasteiger partial charge in [0, 0.05) is 23.7 Å². The average Bonchev–Trinajstić information content (AvgIpc) is 3.73. The second kappa shape index (κ2) is 11.5. The first-order valence-corrected chi connectivity index (χ1v) is 13.7. The Morgan fingerprint density at radius 3 is 2.74 bits per heavy atom. The molecule has 1 amide bonds. The van der Waals surface area contributed by atoms with Crippen LogP contribution in [0.2, 0.25) is 5.02 Å². The van der Waals surface area contributed by atoms with Gasteiger partial charge in [-0.3, -0.25) is 14.5 Å². The molecule has 5 rings (SSSR count). The molecule has 2 heterocycles. The van der Waals surface area contributed by atoms with Gasteiger partial charge in [-0.1, -0.05) is 55.6 Å². The fraction of sp³-hybridized carbons (Fsp3) is 0.333. The number of hydrogen-bond acceptors (Lipinski definition) is 6. The minimum absolute atomic E-state index is 0.0739. The van der Waals surface area contributed by atoms with Crippen LogP contribution in [0.4, 0.5) is 11.8 Å². The maximum Gasteiger partial charge on any atom is 0.263 e. The molecule has 1 unspecified atom stereocenters. The number of aromatic nitrogens is 3. The third kappa shape index (κ3) is 6.23. The van der Waals surface area contributed by atoms with E-state index in [0.717, 1.165) is 24.1 Å². The monoisotopic (exact) mass is 545 g/mol. The lowest BCUT2D eigenvalue weighted by Gasteiger charge is -2.24. The lowest BCUT2D eigenvalue weighted by molar-refractivity contribution is 0.0982. The maximum absolute atomic E-state index is 13.6. The van der Waals surface area contributed by atoms with Crippen molar-refractivity contribution in [2.75, 3.05) is 16.8 Å². The average molecular weight is 546 g/mol. The van der Waals surface area contributed by atoms with Gasteiger partial charge in [0.2, 0.25) is 5.95 Å². The zero-order chi connectivity index (χ0) is 27.5. The number of nitrogens with zero attached hydrogens (tertiary/aromatic N) is 3. The molecule has 9 heteroatoms. The van der Waals surface area contributed by atoms with E-state index in [2.05, 4.69) is 27.2 Å². The highest BCUT2D eigenvalue weighted by Crippen LogP contribution is 2.36. The number of carbonyl (C=O) groups excluding carboxylic acids is 1. The summed E-state index contributed by atoms with van der Waals surface area (Å²) in [6.45, 7) is 4.52. The summed E-state index contributed by atoms with van der Waals surface area (Å²) in [5.74, 6) is 1.57. The molecule has 4 aromatic rings. The van der Waals surface area contributed by atoms with Crippen molar-refractivity contribution in [3.05, 3.63) is 87.3 Å². The van der Waals surface area contributed by atoms with Crippen LogP contribution in [0.5, 0.6) is 5.75 Å². The summed E-state index contributed by atoms with van der Waals surface area (Å²) in [6, 6.07) is 15.0. The van der Waals surface area contributed by atoms with Crippen LogP contribution in [-0.2, 0) is 0 Å². The fourth-order valence-electron chi connectivity index (χ4n) is 4.88. The Morgan fingerprint density at radius 1 is 1.18 bits per heavy atom. The van der Waals surface area contributed by atoms with Gasteiger partial charge in [-0.15, -0.1) is 0 Å². The molecule has 0 aliphatic heterocycles. The smallest absolute Gasteiger partial charge is 0.263 e. The number of anilines is 2. The van der Waals surface area contributed by atoms with E-state index in [9.17, 15) is 14.7 Å². The topological polar surface area (TPSA) is 111 Å². The minimum Gasteiger partial charge on any atom is -0.507 e. The van der Waals surface area contributed by atoms with Crippen LogP contribution in [0.25, 0.3) is 10.9 Å². The van der Waals surface area contributed by atoms with Gasteiger partial charge >= 0.3 is 0 Å². The Morgan fingerprint density at radius 2 is 1.97 bits per heavy atom. The molecular formula is C30H32ClN5O3. The first-order valence-electron chi connectivity index (χ1n) is 13.3. The van der Waals surface area contributed by atoms with E-state index in [-0.39, 0.29) is 28.7 Å². The molecule has 2 atom stereocenters. The summed E-state index contributed by atoms with van der Waals surface area (Å²) < 4.78 is 0. The third-order valence-electron chi connectivity index (χ3n) is 7.24. The Bertz CT molecular complexity index is 1550. The Hall–Kier alpha value is -3.91. The maximum atomic E-state index is 13.6. The van der Waals surface area contributed by atoms with Crippen LogP contribution in [-0.4, -0.2) is 32.5 Å². The van der Waals surface area contributed by atoms with Gasteiger partial charge in [0.15, 0.2) is 0 Å². The quantitative estimate of drug-likeness (QED) is 0.215. The van der Waals surface area contributed by atoms with Gasteiger partial charge in [-0.25, -0.2) is 4.98 Å².